The third-order valence-corrected chi connectivity index (χ3v) is 4.09. The molecule has 3 atom stereocenters. The summed E-state index contributed by atoms with van der Waals surface area (Å²) < 4.78 is 5.25. The second-order valence-corrected chi connectivity index (χ2v) is 5.81. The van der Waals surface area contributed by atoms with Crippen molar-refractivity contribution in [1.82, 2.24) is 0 Å². The Balaban J connectivity index is 1.84. The molecular formula is C11H16O2S. The van der Waals surface area contributed by atoms with Gasteiger partial charge in [-0.2, -0.15) is 0 Å². The van der Waals surface area contributed by atoms with Crippen LogP contribution < -0.4 is 0 Å². The molecule has 2 aliphatic rings. The van der Waals surface area contributed by atoms with Gasteiger partial charge < -0.3 is 4.74 Å². The molecule has 0 saturated carbocycles. The van der Waals surface area contributed by atoms with Gasteiger partial charge in [0.2, 0.25) is 0 Å². The molecule has 0 aliphatic carbocycles. The first-order valence-corrected chi connectivity index (χ1v) is 6.11. The van der Waals surface area contributed by atoms with Gasteiger partial charge in [-0.3, -0.25) is 4.79 Å². The number of ether oxygens (including phenoxy) is 1. The molecule has 78 valence electrons. The van der Waals surface area contributed by atoms with Crippen molar-refractivity contribution in [3.63, 3.8) is 0 Å². The minimum atomic E-state index is 0.00282. The lowest BCUT2D eigenvalue weighted by Crippen LogP contribution is -2.25. The van der Waals surface area contributed by atoms with Crippen molar-refractivity contribution in [2.75, 3.05) is 6.61 Å². The molecule has 0 aromatic carbocycles. The quantitative estimate of drug-likeness (QED) is 0.530. The van der Waals surface area contributed by atoms with Gasteiger partial charge in [-0.05, 0) is 12.3 Å². The molecule has 2 rings (SSSR count). The average Bonchev–Trinajstić information content (AvgIpc) is 2.74. The standard InChI is InChI=1S/C11H16O2S/c1-7(2)6-13-11(12)9-5-8-3-4-10(9)14-8/h3-4,7-10H,5-6H2,1-2H3. The second-order valence-electron chi connectivity index (χ2n) is 4.39. The lowest BCUT2D eigenvalue weighted by molar-refractivity contribution is -0.149. The molecule has 0 radical (unpaired) electrons. The van der Waals surface area contributed by atoms with Crippen LogP contribution >= 0.6 is 11.8 Å². The van der Waals surface area contributed by atoms with E-state index in [1.54, 1.807) is 0 Å². The summed E-state index contributed by atoms with van der Waals surface area (Å²) in [6.45, 7) is 4.67. The van der Waals surface area contributed by atoms with Crippen LogP contribution in [0.1, 0.15) is 20.3 Å². The Morgan fingerprint density at radius 1 is 1.57 bits per heavy atom. The zero-order valence-electron chi connectivity index (χ0n) is 8.60. The van der Waals surface area contributed by atoms with Crippen LogP contribution in [0.3, 0.4) is 0 Å². The van der Waals surface area contributed by atoms with Crippen molar-refractivity contribution < 1.29 is 9.53 Å². The van der Waals surface area contributed by atoms with Gasteiger partial charge in [0.25, 0.3) is 0 Å². The summed E-state index contributed by atoms with van der Waals surface area (Å²) in [7, 11) is 0. The van der Waals surface area contributed by atoms with Gasteiger partial charge in [0, 0.05) is 10.5 Å². The summed E-state index contributed by atoms with van der Waals surface area (Å²) in [6.07, 6.45) is 5.34. The summed E-state index contributed by atoms with van der Waals surface area (Å²) in [5, 5.41) is 0.955. The van der Waals surface area contributed by atoms with Crippen LogP contribution in [0.5, 0.6) is 0 Å². The Hall–Kier alpha value is -0.440. The average molecular weight is 212 g/mol. The second kappa shape index (κ2) is 3.97. The number of esters is 1. The van der Waals surface area contributed by atoms with Crippen LogP contribution in [0, 0.1) is 11.8 Å². The third-order valence-electron chi connectivity index (χ3n) is 2.59. The van der Waals surface area contributed by atoms with Crippen molar-refractivity contribution in [1.29, 1.82) is 0 Å². The Bertz CT molecular complexity index is 260. The van der Waals surface area contributed by atoms with Gasteiger partial charge in [0.15, 0.2) is 0 Å². The first kappa shape index (κ1) is 10.1. The van der Waals surface area contributed by atoms with Gasteiger partial charge in [-0.15, -0.1) is 11.8 Å². The maximum Gasteiger partial charge on any atom is 0.310 e. The molecule has 2 nitrogen and oxygen atoms in total. The lowest BCUT2D eigenvalue weighted by Gasteiger charge is -2.16. The van der Waals surface area contributed by atoms with E-state index in [-0.39, 0.29) is 11.9 Å². The normalized spacial score (nSPS) is 34.1. The molecule has 14 heavy (non-hydrogen) atoms. The maximum atomic E-state index is 11.7. The Morgan fingerprint density at radius 2 is 2.36 bits per heavy atom. The summed E-state index contributed by atoms with van der Waals surface area (Å²) in [4.78, 5) is 11.7. The van der Waals surface area contributed by atoms with Gasteiger partial charge in [0.05, 0.1) is 12.5 Å². The highest BCUT2D eigenvalue weighted by molar-refractivity contribution is 8.01. The van der Waals surface area contributed by atoms with Gasteiger partial charge >= 0.3 is 5.97 Å². The van der Waals surface area contributed by atoms with Crippen molar-refractivity contribution in [3.05, 3.63) is 12.2 Å². The van der Waals surface area contributed by atoms with Crippen molar-refractivity contribution in [3.8, 4) is 0 Å². The van der Waals surface area contributed by atoms with E-state index in [4.69, 9.17) is 4.74 Å². The predicted octanol–water partition coefficient (Wildman–Crippen LogP) is 2.25. The smallest absolute Gasteiger partial charge is 0.310 e. The van der Waals surface area contributed by atoms with E-state index in [1.807, 2.05) is 11.8 Å². The van der Waals surface area contributed by atoms with Crippen LogP contribution in [0.4, 0.5) is 0 Å². The maximum absolute atomic E-state index is 11.7. The number of hydrogen-bond donors (Lipinski definition) is 0. The zero-order valence-corrected chi connectivity index (χ0v) is 9.42. The SMILES string of the molecule is CC(C)COC(=O)C1CC2C=CC1S2. The molecule has 0 aromatic heterocycles. The highest BCUT2D eigenvalue weighted by Crippen LogP contribution is 2.45. The Kier molecular flexibility index (Phi) is 2.86. The summed E-state index contributed by atoms with van der Waals surface area (Å²) in [5.41, 5.74) is 0. The summed E-state index contributed by atoms with van der Waals surface area (Å²) >= 11 is 1.89. The molecule has 3 heteroatoms. The predicted molar refractivity (Wildman–Crippen MR) is 58.2 cm³/mol. The summed E-state index contributed by atoms with van der Waals surface area (Å²) in [6, 6.07) is 0. The van der Waals surface area contributed by atoms with Crippen molar-refractivity contribution in [2.24, 2.45) is 11.8 Å². The first-order valence-electron chi connectivity index (χ1n) is 5.17. The van der Waals surface area contributed by atoms with Crippen LogP contribution in [-0.4, -0.2) is 23.1 Å². The fraction of sp³-hybridized carbons (Fsp3) is 0.727. The molecule has 1 fully saturated rings. The first-order chi connectivity index (χ1) is 6.66. The van der Waals surface area contributed by atoms with Crippen LogP contribution in [0.25, 0.3) is 0 Å². The van der Waals surface area contributed by atoms with E-state index < -0.39 is 0 Å². The molecule has 2 heterocycles. The van der Waals surface area contributed by atoms with E-state index in [9.17, 15) is 4.79 Å². The fourth-order valence-corrected chi connectivity index (χ4v) is 3.36. The topological polar surface area (TPSA) is 26.3 Å². The lowest BCUT2D eigenvalue weighted by atomic mass is 9.95. The van der Waals surface area contributed by atoms with E-state index >= 15 is 0 Å². The van der Waals surface area contributed by atoms with E-state index in [1.165, 1.54) is 0 Å². The van der Waals surface area contributed by atoms with Crippen molar-refractivity contribution >= 4 is 17.7 Å². The largest absolute Gasteiger partial charge is 0.465 e. The van der Waals surface area contributed by atoms with Crippen LogP contribution in [0.2, 0.25) is 0 Å². The molecular weight excluding hydrogens is 196 g/mol. The minimum absolute atomic E-state index is 0.00282. The molecule has 0 N–H and O–H groups in total. The molecule has 0 aromatic rings. The van der Waals surface area contributed by atoms with Crippen LogP contribution in [-0.2, 0) is 9.53 Å². The number of fused-ring (bicyclic) bond motifs is 2. The number of carbonyl (C=O) groups is 1. The third kappa shape index (κ3) is 1.97. The van der Waals surface area contributed by atoms with Crippen LogP contribution in [0.15, 0.2) is 12.2 Å². The number of rotatable bonds is 3. The number of hydrogen-bond acceptors (Lipinski definition) is 3. The minimum Gasteiger partial charge on any atom is -0.465 e. The van der Waals surface area contributed by atoms with Crippen molar-refractivity contribution in [2.45, 2.75) is 30.8 Å². The number of carbonyl (C=O) groups excluding carboxylic acids is 1. The van der Waals surface area contributed by atoms with E-state index in [0.29, 0.717) is 23.0 Å². The molecule has 3 unspecified atom stereocenters. The molecule has 2 bridgehead atoms. The summed E-state index contributed by atoms with van der Waals surface area (Å²) in [5.74, 6) is 0.553. The molecule has 0 amide bonds. The highest BCUT2D eigenvalue weighted by Gasteiger charge is 2.41. The zero-order chi connectivity index (χ0) is 10.1. The molecule has 1 saturated heterocycles. The highest BCUT2D eigenvalue weighted by atomic mass is 32.2. The van der Waals surface area contributed by atoms with E-state index in [2.05, 4.69) is 26.0 Å². The Labute approximate surface area is 89.1 Å². The van der Waals surface area contributed by atoms with Gasteiger partial charge in [-0.25, -0.2) is 0 Å². The fourth-order valence-electron chi connectivity index (χ4n) is 1.86. The van der Waals surface area contributed by atoms with E-state index in [0.717, 1.165) is 6.42 Å². The molecule has 2 aliphatic heterocycles. The number of thioether (sulfide) groups is 1. The Morgan fingerprint density at radius 3 is 2.86 bits per heavy atom. The monoisotopic (exact) mass is 212 g/mol. The van der Waals surface area contributed by atoms with Gasteiger partial charge in [-0.1, -0.05) is 26.0 Å². The molecule has 0 spiro atoms. The van der Waals surface area contributed by atoms with Gasteiger partial charge in [0.1, 0.15) is 0 Å².